The zero-order chi connectivity index (χ0) is 45.6. The zero-order valence-corrected chi connectivity index (χ0v) is 42.2. The summed E-state index contributed by atoms with van der Waals surface area (Å²) in [7, 11) is 0. The van der Waals surface area contributed by atoms with E-state index in [9.17, 15) is 0 Å². The van der Waals surface area contributed by atoms with E-state index < -0.39 is 0 Å². The molecule has 0 unspecified atom stereocenters. The third kappa shape index (κ3) is 61.8. The molecule has 0 heteroatoms. The van der Waals surface area contributed by atoms with Crippen LogP contribution in [0.3, 0.4) is 0 Å². The van der Waals surface area contributed by atoms with Gasteiger partial charge in [0.15, 0.2) is 0 Å². The molecule has 57 heavy (non-hydrogen) atoms. The van der Waals surface area contributed by atoms with Gasteiger partial charge in [0.1, 0.15) is 0 Å². The van der Waals surface area contributed by atoms with E-state index in [-0.39, 0.29) is 0 Å². The number of rotatable bonds is 2. The first kappa shape index (κ1) is 65.2. The summed E-state index contributed by atoms with van der Waals surface area (Å²) in [5.74, 6) is 4.83. The van der Waals surface area contributed by atoms with Crippen LogP contribution in [0.25, 0.3) is 21.9 Å². The molecule has 5 aromatic carbocycles. The minimum Gasteiger partial charge on any atom is -0.0683 e. The second kappa shape index (κ2) is 50.4. The van der Waals surface area contributed by atoms with Gasteiger partial charge in [0, 0.05) is 0 Å². The lowest BCUT2D eigenvalue weighted by molar-refractivity contribution is 0.736. The molecule has 0 aromatic heterocycles. The molecule has 0 aliphatic carbocycles. The Labute approximate surface area is 360 Å². The van der Waals surface area contributed by atoms with Crippen LogP contribution in [0.2, 0.25) is 0 Å². The van der Waals surface area contributed by atoms with E-state index in [0.29, 0.717) is 5.92 Å². The van der Waals surface area contributed by atoms with E-state index in [2.05, 4.69) is 239 Å². The van der Waals surface area contributed by atoms with Gasteiger partial charge in [0.05, 0.1) is 0 Å². The van der Waals surface area contributed by atoms with Crippen molar-refractivity contribution in [2.24, 2.45) is 29.6 Å². The Kier molecular flexibility index (Phi) is 57.6. The predicted molar refractivity (Wildman–Crippen MR) is 273 cm³/mol. The number of fused-ring (bicyclic) bond motifs is 1. The van der Waals surface area contributed by atoms with Crippen molar-refractivity contribution >= 4 is 10.8 Å². The van der Waals surface area contributed by atoms with E-state index in [1.165, 1.54) is 27.5 Å². The van der Waals surface area contributed by atoms with Gasteiger partial charge in [-0.25, -0.2) is 0 Å². The lowest BCUT2D eigenvalue weighted by Crippen LogP contribution is -1.83. The van der Waals surface area contributed by atoms with Crippen LogP contribution in [0.4, 0.5) is 0 Å². The highest BCUT2D eigenvalue weighted by Gasteiger charge is 1.94. The van der Waals surface area contributed by atoms with Crippen LogP contribution in [-0.2, 0) is 0 Å². The van der Waals surface area contributed by atoms with Crippen LogP contribution in [0.1, 0.15) is 171 Å². The average molecular weight is 783 g/mol. The Morgan fingerprint density at radius 2 is 0.386 bits per heavy atom. The van der Waals surface area contributed by atoms with Crippen molar-refractivity contribution in [1.29, 1.82) is 0 Å². The normalized spacial score (nSPS) is 8.86. The molecule has 0 nitrogen and oxygen atoms in total. The molecule has 0 heterocycles. The molecule has 0 aliphatic rings. The monoisotopic (exact) mass is 783 g/mol. The third-order valence-electron chi connectivity index (χ3n) is 5.01. The van der Waals surface area contributed by atoms with Gasteiger partial charge in [-0.3, -0.25) is 0 Å². The van der Waals surface area contributed by atoms with Crippen molar-refractivity contribution in [3.63, 3.8) is 0 Å². The molecule has 0 N–H and O–H groups in total. The summed E-state index contributed by atoms with van der Waals surface area (Å²) in [4.78, 5) is 0. The molecule has 0 radical (unpaired) electrons. The zero-order valence-electron chi connectivity index (χ0n) is 42.2. The SMILES string of the molecule is CC.CC.CC.CC(C)C.CC(C)C.CC(C)C.CC(C)C.CC(C)C.CC(C)c1ccccc1.c1ccc(-c2ccccc2)cc1.c1ccc2ccccc2c1. The summed E-state index contributed by atoms with van der Waals surface area (Å²) in [5, 5.41) is 2.62. The Morgan fingerprint density at radius 3 is 0.544 bits per heavy atom. The molecule has 0 saturated heterocycles. The van der Waals surface area contributed by atoms with Crippen LogP contribution >= 0.6 is 0 Å². The van der Waals surface area contributed by atoms with Gasteiger partial charge in [-0.05, 0) is 63.0 Å². The van der Waals surface area contributed by atoms with Gasteiger partial charge >= 0.3 is 0 Å². The number of hydrogen-bond donors (Lipinski definition) is 0. The van der Waals surface area contributed by atoms with Gasteiger partial charge in [-0.15, -0.1) is 0 Å². The average Bonchev–Trinajstić information content (AvgIpc) is 3.18. The molecule has 0 aliphatic heterocycles. The van der Waals surface area contributed by atoms with Gasteiger partial charge in [-0.1, -0.05) is 299 Å². The molecular formula is C57H98. The molecule has 0 spiro atoms. The van der Waals surface area contributed by atoms with Crippen molar-refractivity contribution in [1.82, 2.24) is 0 Å². The van der Waals surface area contributed by atoms with Crippen LogP contribution in [0, 0.1) is 29.6 Å². The molecule has 326 valence electrons. The van der Waals surface area contributed by atoms with Gasteiger partial charge in [0.2, 0.25) is 0 Å². The summed E-state index contributed by atoms with van der Waals surface area (Å²) in [6.45, 7) is 48.9. The molecule has 5 aromatic rings. The quantitative estimate of drug-likeness (QED) is 0.167. The maximum atomic E-state index is 2.20. The fraction of sp³-hybridized carbons (Fsp3) is 0.509. The maximum absolute atomic E-state index is 2.20. The molecule has 0 bridgehead atoms. The van der Waals surface area contributed by atoms with Crippen molar-refractivity contribution in [3.05, 3.63) is 145 Å². The minimum atomic E-state index is 0.659. The highest BCUT2D eigenvalue weighted by atomic mass is 14.0. The van der Waals surface area contributed by atoms with Gasteiger partial charge in [-0.2, -0.15) is 0 Å². The first-order valence-corrected chi connectivity index (χ1v) is 22.5. The fourth-order valence-corrected chi connectivity index (χ4v) is 3.23. The number of benzene rings is 5. The Hall–Kier alpha value is -3.64. The minimum absolute atomic E-state index is 0.659. The second-order valence-corrected chi connectivity index (χ2v) is 16.3. The van der Waals surface area contributed by atoms with Crippen molar-refractivity contribution in [2.75, 3.05) is 0 Å². The summed E-state index contributed by atoms with van der Waals surface area (Å²) >= 11 is 0. The predicted octanol–water partition coefficient (Wildman–Crippen LogP) is 20.4. The van der Waals surface area contributed by atoms with Crippen molar-refractivity contribution in [3.8, 4) is 11.1 Å². The van der Waals surface area contributed by atoms with Crippen LogP contribution in [0.5, 0.6) is 0 Å². The van der Waals surface area contributed by atoms with Crippen molar-refractivity contribution < 1.29 is 0 Å². The first-order valence-electron chi connectivity index (χ1n) is 22.5. The lowest BCUT2D eigenvalue weighted by Gasteiger charge is -2.01. The summed E-state index contributed by atoms with van der Waals surface area (Å²) in [5.41, 5.74) is 3.97. The fourth-order valence-electron chi connectivity index (χ4n) is 3.23. The summed E-state index contributed by atoms with van der Waals surface area (Å²) in [6.07, 6.45) is 0. The van der Waals surface area contributed by atoms with E-state index in [1.807, 2.05) is 59.7 Å². The molecule has 0 fully saturated rings. The maximum Gasteiger partial charge on any atom is -0.0184 e. The smallest absolute Gasteiger partial charge is 0.0184 e. The van der Waals surface area contributed by atoms with E-state index in [0.717, 1.165) is 29.6 Å². The Balaban J connectivity index is -0.000000134. The van der Waals surface area contributed by atoms with Crippen molar-refractivity contribution in [2.45, 2.75) is 165 Å². The van der Waals surface area contributed by atoms with Crippen LogP contribution < -0.4 is 0 Å². The van der Waals surface area contributed by atoms with Gasteiger partial charge < -0.3 is 0 Å². The topological polar surface area (TPSA) is 0 Å². The summed E-state index contributed by atoms with van der Waals surface area (Å²) < 4.78 is 0. The highest BCUT2D eigenvalue weighted by molar-refractivity contribution is 5.82. The first-order chi connectivity index (χ1) is 26.9. The lowest BCUT2D eigenvalue weighted by atomic mass is 10.0. The Bertz CT molecular complexity index is 1210. The van der Waals surface area contributed by atoms with Gasteiger partial charge in [0.25, 0.3) is 0 Å². The molecule has 0 atom stereocenters. The molecule has 0 saturated carbocycles. The second-order valence-electron chi connectivity index (χ2n) is 16.3. The van der Waals surface area contributed by atoms with Crippen LogP contribution in [-0.4, -0.2) is 0 Å². The standard InChI is InChI=1S/C12H10.C10H8.C9H12.5C4H10.3C2H6/c1-3-7-11(8-4-1)12-9-5-2-6-10-12;1-2-6-10-8-4-3-7-9(10)5-1;1-8(2)9-6-4-3-5-7-9;5*1-4(2)3;3*1-2/h1-10H;1-8H;3-8H,1-2H3;5*4H,1-3H3;3*1-2H3. The van der Waals surface area contributed by atoms with E-state index in [4.69, 9.17) is 0 Å². The largest absolute Gasteiger partial charge is 0.0683 e. The third-order valence-corrected chi connectivity index (χ3v) is 5.01. The Morgan fingerprint density at radius 1 is 0.228 bits per heavy atom. The van der Waals surface area contributed by atoms with Crippen LogP contribution in [0.15, 0.2) is 140 Å². The highest BCUT2D eigenvalue weighted by Crippen LogP contribution is 2.17. The summed E-state index contributed by atoms with van der Waals surface area (Å²) in [6, 6.07) is 48.0. The van der Waals surface area contributed by atoms with E-state index in [1.54, 1.807) is 0 Å². The molecule has 0 amide bonds. The molecule has 5 rings (SSSR count). The van der Waals surface area contributed by atoms with E-state index >= 15 is 0 Å². The molecular weight excluding hydrogens is 685 g/mol. The number of hydrogen-bond acceptors (Lipinski definition) is 0.